The van der Waals surface area contributed by atoms with Gasteiger partial charge in [-0.3, -0.25) is 9.69 Å². The van der Waals surface area contributed by atoms with E-state index >= 15 is 0 Å². The number of thiophene rings is 1. The summed E-state index contributed by atoms with van der Waals surface area (Å²) in [4.78, 5) is 27.3. The molecule has 0 saturated carbocycles. The molecule has 1 aromatic heterocycles. The van der Waals surface area contributed by atoms with Crippen LogP contribution in [0, 0.1) is 0 Å². The summed E-state index contributed by atoms with van der Waals surface area (Å²) < 4.78 is 0. The van der Waals surface area contributed by atoms with Gasteiger partial charge in [-0.2, -0.15) is 0 Å². The van der Waals surface area contributed by atoms with E-state index in [1.165, 1.54) is 22.5 Å². The highest BCUT2D eigenvalue weighted by molar-refractivity contribution is 7.17. The van der Waals surface area contributed by atoms with Gasteiger partial charge in [0.05, 0.1) is 12.1 Å². The van der Waals surface area contributed by atoms with Gasteiger partial charge in [-0.05, 0) is 42.4 Å². The number of anilines is 1. The largest absolute Gasteiger partial charge is 0.478 e. The maximum Gasteiger partial charge on any atom is 0.339 e. The first-order valence-corrected chi connectivity index (χ1v) is 9.40. The Morgan fingerprint density at radius 3 is 2.76 bits per heavy atom. The fourth-order valence-corrected chi connectivity index (χ4v) is 5.07. The van der Waals surface area contributed by atoms with Crippen molar-refractivity contribution in [1.29, 1.82) is 0 Å². The molecule has 130 valence electrons. The molecule has 2 heterocycles. The van der Waals surface area contributed by atoms with Gasteiger partial charge in [-0.1, -0.05) is 24.3 Å². The van der Waals surface area contributed by atoms with E-state index in [0.717, 1.165) is 49.2 Å². The van der Waals surface area contributed by atoms with Gasteiger partial charge in [0.1, 0.15) is 5.00 Å². The summed E-state index contributed by atoms with van der Waals surface area (Å²) in [5.41, 5.74) is 3.83. The molecule has 1 aliphatic heterocycles. The van der Waals surface area contributed by atoms with Crippen LogP contribution in [0.3, 0.4) is 0 Å². The zero-order chi connectivity index (χ0) is 17.4. The third kappa shape index (κ3) is 3.19. The Labute approximate surface area is 150 Å². The third-order valence-corrected chi connectivity index (χ3v) is 6.17. The van der Waals surface area contributed by atoms with Crippen LogP contribution in [-0.2, 0) is 30.6 Å². The Morgan fingerprint density at radius 2 is 1.96 bits per heavy atom. The second kappa shape index (κ2) is 6.61. The number of aromatic carboxylic acids is 1. The third-order valence-electron chi connectivity index (χ3n) is 4.97. The second-order valence-corrected chi connectivity index (χ2v) is 7.75. The van der Waals surface area contributed by atoms with Crippen LogP contribution in [0.5, 0.6) is 0 Å². The highest BCUT2D eigenvalue weighted by Gasteiger charge is 2.27. The average molecular weight is 356 g/mol. The molecule has 0 saturated heterocycles. The van der Waals surface area contributed by atoms with Crippen molar-refractivity contribution in [1.82, 2.24) is 4.90 Å². The van der Waals surface area contributed by atoms with Gasteiger partial charge in [-0.15, -0.1) is 11.3 Å². The van der Waals surface area contributed by atoms with Crippen molar-refractivity contribution in [3.05, 3.63) is 51.4 Å². The quantitative estimate of drug-likeness (QED) is 0.884. The van der Waals surface area contributed by atoms with E-state index in [1.807, 2.05) is 12.1 Å². The molecule has 0 fully saturated rings. The van der Waals surface area contributed by atoms with Crippen molar-refractivity contribution in [3.8, 4) is 0 Å². The van der Waals surface area contributed by atoms with Crippen molar-refractivity contribution in [3.63, 3.8) is 0 Å². The van der Waals surface area contributed by atoms with Crippen LogP contribution in [0.25, 0.3) is 0 Å². The second-order valence-electron chi connectivity index (χ2n) is 6.64. The van der Waals surface area contributed by atoms with Gasteiger partial charge in [0.2, 0.25) is 5.91 Å². The lowest BCUT2D eigenvalue weighted by Crippen LogP contribution is -2.37. The summed E-state index contributed by atoms with van der Waals surface area (Å²) >= 11 is 1.42. The number of hydrogen-bond acceptors (Lipinski definition) is 4. The van der Waals surface area contributed by atoms with Crippen molar-refractivity contribution in [2.24, 2.45) is 0 Å². The predicted molar refractivity (Wildman–Crippen MR) is 97.4 cm³/mol. The highest BCUT2D eigenvalue weighted by atomic mass is 32.1. The summed E-state index contributed by atoms with van der Waals surface area (Å²) in [5.74, 6) is -1.08. The van der Waals surface area contributed by atoms with E-state index in [1.54, 1.807) is 0 Å². The van der Waals surface area contributed by atoms with Gasteiger partial charge in [-0.25, -0.2) is 4.79 Å². The molecular formula is C19H20N2O3S. The molecule has 5 nitrogen and oxygen atoms in total. The van der Waals surface area contributed by atoms with Crippen LogP contribution in [0.4, 0.5) is 5.00 Å². The molecule has 1 aromatic carbocycles. The fraction of sp³-hybridized carbons (Fsp3) is 0.368. The number of carboxylic acids is 1. The van der Waals surface area contributed by atoms with E-state index in [2.05, 4.69) is 22.3 Å². The zero-order valence-electron chi connectivity index (χ0n) is 13.9. The minimum atomic E-state index is -0.943. The van der Waals surface area contributed by atoms with E-state index in [-0.39, 0.29) is 12.5 Å². The first-order chi connectivity index (χ1) is 12.1. The Balaban J connectivity index is 1.44. The summed E-state index contributed by atoms with van der Waals surface area (Å²) in [6.07, 6.45) is 3.66. The lowest BCUT2D eigenvalue weighted by molar-refractivity contribution is -0.117. The number of rotatable bonds is 4. The monoisotopic (exact) mass is 356 g/mol. The molecule has 25 heavy (non-hydrogen) atoms. The summed E-state index contributed by atoms with van der Waals surface area (Å²) in [6, 6.07) is 8.31. The molecule has 6 heteroatoms. The van der Waals surface area contributed by atoms with Crippen LogP contribution < -0.4 is 5.32 Å². The normalized spacial score (nSPS) is 16.3. The minimum Gasteiger partial charge on any atom is -0.478 e. The predicted octanol–water partition coefficient (Wildman–Crippen LogP) is 2.93. The number of nitrogens with zero attached hydrogens (tertiary/aromatic N) is 1. The Morgan fingerprint density at radius 1 is 1.16 bits per heavy atom. The molecule has 0 radical (unpaired) electrons. The van der Waals surface area contributed by atoms with Gasteiger partial charge in [0.15, 0.2) is 0 Å². The molecular weight excluding hydrogens is 336 g/mol. The SMILES string of the molecule is O=C(CN1CCc2ccccc2C1)Nc1sc2c(c1C(=O)O)CCC2. The lowest BCUT2D eigenvalue weighted by Gasteiger charge is -2.28. The number of carboxylic acid groups (broad SMARTS) is 1. The maximum absolute atomic E-state index is 12.5. The number of hydrogen-bond donors (Lipinski definition) is 2. The van der Waals surface area contributed by atoms with Crippen molar-refractivity contribution >= 4 is 28.2 Å². The van der Waals surface area contributed by atoms with E-state index in [9.17, 15) is 14.7 Å². The van der Waals surface area contributed by atoms with Crippen LogP contribution in [0.2, 0.25) is 0 Å². The topological polar surface area (TPSA) is 69.6 Å². The summed E-state index contributed by atoms with van der Waals surface area (Å²) in [6.45, 7) is 1.89. The van der Waals surface area contributed by atoms with Gasteiger partial charge in [0, 0.05) is 18.0 Å². The molecule has 2 N–H and O–H groups in total. The van der Waals surface area contributed by atoms with Crippen LogP contribution in [-0.4, -0.2) is 35.0 Å². The Hall–Kier alpha value is -2.18. The molecule has 4 rings (SSSR count). The van der Waals surface area contributed by atoms with E-state index in [4.69, 9.17) is 0 Å². The number of carbonyl (C=O) groups excluding carboxylic acids is 1. The Bertz CT molecular complexity index is 843. The van der Waals surface area contributed by atoms with Gasteiger partial charge < -0.3 is 10.4 Å². The molecule has 0 atom stereocenters. The number of carbonyl (C=O) groups is 2. The number of fused-ring (bicyclic) bond motifs is 2. The number of nitrogens with one attached hydrogen (secondary N) is 1. The van der Waals surface area contributed by atoms with Crippen molar-refractivity contribution in [2.45, 2.75) is 32.2 Å². The Kier molecular flexibility index (Phi) is 4.31. The summed E-state index contributed by atoms with van der Waals surface area (Å²) in [7, 11) is 0. The van der Waals surface area contributed by atoms with Crippen molar-refractivity contribution < 1.29 is 14.7 Å². The van der Waals surface area contributed by atoms with Crippen molar-refractivity contribution in [2.75, 3.05) is 18.4 Å². The first-order valence-electron chi connectivity index (χ1n) is 8.58. The van der Waals surface area contributed by atoms with Crippen LogP contribution in [0.15, 0.2) is 24.3 Å². The van der Waals surface area contributed by atoms with E-state index in [0.29, 0.717) is 10.6 Å². The number of aryl methyl sites for hydroxylation is 1. The molecule has 2 aromatic rings. The molecule has 2 aliphatic rings. The fourth-order valence-electron chi connectivity index (χ4n) is 3.78. The molecule has 1 amide bonds. The highest BCUT2D eigenvalue weighted by Crippen LogP contribution is 2.39. The zero-order valence-corrected chi connectivity index (χ0v) is 14.7. The lowest BCUT2D eigenvalue weighted by atomic mass is 10.00. The molecule has 1 aliphatic carbocycles. The summed E-state index contributed by atoms with van der Waals surface area (Å²) in [5, 5.41) is 12.9. The van der Waals surface area contributed by atoms with Gasteiger partial charge >= 0.3 is 5.97 Å². The smallest absolute Gasteiger partial charge is 0.339 e. The molecule has 0 unspecified atom stereocenters. The van der Waals surface area contributed by atoms with E-state index < -0.39 is 5.97 Å². The standard InChI is InChI=1S/C19H20N2O3S/c22-16(11-21-9-8-12-4-1-2-5-13(12)10-21)20-18-17(19(23)24)14-6-3-7-15(14)25-18/h1-2,4-5H,3,6-11H2,(H,20,22)(H,23,24). The number of amides is 1. The number of benzene rings is 1. The van der Waals surface area contributed by atoms with Crippen LogP contribution >= 0.6 is 11.3 Å². The van der Waals surface area contributed by atoms with Crippen LogP contribution in [0.1, 0.15) is 38.3 Å². The average Bonchev–Trinajstić information content (AvgIpc) is 3.14. The minimum absolute atomic E-state index is 0.137. The maximum atomic E-state index is 12.5. The first kappa shape index (κ1) is 16.3. The van der Waals surface area contributed by atoms with Gasteiger partial charge in [0.25, 0.3) is 0 Å². The molecule has 0 spiro atoms. The molecule has 0 bridgehead atoms.